The van der Waals surface area contributed by atoms with E-state index in [1.54, 1.807) is 19.1 Å². The molecule has 2 aromatic carbocycles. The summed E-state index contributed by atoms with van der Waals surface area (Å²) >= 11 is 0. The number of carbonyl (C=O) groups excluding carboxylic acids is 1. The summed E-state index contributed by atoms with van der Waals surface area (Å²) in [5, 5.41) is 9.30. The number of aryl methyl sites for hydroxylation is 1. The lowest BCUT2D eigenvalue weighted by Gasteiger charge is -2.18. The lowest BCUT2D eigenvalue weighted by Crippen LogP contribution is -2.38. The summed E-state index contributed by atoms with van der Waals surface area (Å²) in [4.78, 5) is 15.7. The molecule has 0 aliphatic heterocycles. The molecule has 3 N–H and O–H groups in total. The van der Waals surface area contributed by atoms with E-state index >= 15 is 0 Å². The molecule has 0 spiro atoms. The zero-order chi connectivity index (χ0) is 20.5. The van der Waals surface area contributed by atoms with Gasteiger partial charge in [-0.1, -0.05) is 24.3 Å². The first-order chi connectivity index (χ1) is 13.4. The molecule has 0 saturated carbocycles. The van der Waals surface area contributed by atoms with Gasteiger partial charge in [-0.25, -0.2) is 4.39 Å². The van der Waals surface area contributed by atoms with Crippen LogP contribution in [0.15, 0.2) is 47.5 Å². The third kappa shape index (κ3) is 6.68. The second-order valence-corrected chi connectivity index (χ2v) is 6.76. The molecule has 6 heteroatoms. The summed E-state index contributed by atoms with van der Waals surface area (Å²) in [5.41, 5.74) is 3.44. The predicted molar refractivity (Wildman–Crippen MR) is 113 cm³/mol. The minimum Gasteiger partial charge on any atom is -0.357 e. The van der Waals surface area contributed by atoms with Crippen molar-refractivity contribution in [3.8, 4) is 0 Å². The minimum atomic E-state index is -0.198. The summed E-state index contributed by atoms with van der Waals surface area (Å²) < 4.78 is 13.8. The van der Waals surface area contributed by atoms with Crippen LogP contribution in [0, 0.1) is 12.7 Å². The predicted octanol–water partition coefficient (Wildman–Crippen LogP) is 3.95. The SMILES string of the molecule is CCNC(=NCCc1ccc(NC(C)=O)cc1)NC(C)c1ccc(C)c(F)c1. The van der Waals surface area contributed by atoms with Gasteiger partial charge in [-0.2, -0.15) is 0 Å². The number of benzene rings is 2. The zero-order valence-electron chi connectivity index (χ0n) is 17.0. The van der Waals surface area contributed by atoms with Crippen molar-refractivity contribution < 1.29 is 9.18 Å². The number of rotatable bonds is 7. The molecule has 0 aliphatic carbocycles. The van der Waals surface area contributed by atoms with Crippen molar-refractivity contribution in [3.05, 3.63) is 65.0 Å². The molecule has 0 aliphatic rings. The van der Waals surface area contributed by atoms with Crippen molar-refractivity contribution in [1.82, 2.24) is 10.6 Å². The minimum absolute atomic E-state index is 0.0650. The number of hydrogen-bond donors (Lipinski definition) is 3. The molecule has 0 radical (unpaired) electrons. The van der Waals surface area contributed by atoms with E-state index < -0.39 is 0 Å². The molecule has 1 amide bonds. The van der Waals surface area contributed by atoms with Gasteiger partial charge in [0.2, 0.25) is 5.91 Å². The standard InChI is InChI=1S/C22H29FN4O/c1-5-24-22(26-16(3)19-9-6-15(2)21(23)14-19)25-13-12-18-7-10-20(11-8-18)27-17(4)28/h6-11,14,16H,5,12-13H2,1-4H3,(H,27,28)(H2,24,25,26). The van der Waals surface area contributed by atoms with E-state index in [0.717, 1.165) is 29.8 Å². The maximum Gasteiger partial charge on any atom is 0.221 e. The Morgan fingerprint density at radius 2 is 1.89 bits per heavy atom. The number of guanidine groups is 1. The van der Waals surface area contributed by atoms with Gasteiger partial charge in [0, 0.05) is 25.7 Å². The summed E-state index contributed by atoms with van der Waals surface area (Å²) in [7, 11) is 0. The first kappa shape index (κ1) is 21.4. The number of nitrogens with zero attached hydrogens (tertiary/aromatic N) is 1. The van der Waals surface area contributed by atoms with Gasteiger partial charge in [0.1, 0.15) is 5.82 Å². The largest absolute Gasteiger partial charge is 0.357 e. The fraction of sp³-hybridized carbons (Fsp3) is 0.364. The Bertz CT molecular complexity index is 818. The molecule has 0 aromatic heterocycles. The Labute approximate surface area is 166 Å². The third-order valence-electron chi connectivity index (χ3n) is 4.34. The molecule has 0 heterocycles. The Morgan fingerprint density at radius 3 is 2.50 bits per heavy atom. The second kappa shape index (κ2) is 10.4. The molecule has 28 heavy (non-hydrogen) atoms. The Hall–Kier alpha value is -2.89. The van der Waals surface area contributed by atoms with Gasteiger partial charge in [-0.05, 0) is 62.1 Å². The third-order valence-corrected chi connectivity index (χ3v) is 4.34. The van der Waals surface area contributed by atoms with E-state index in [-0.39, 0.29) is 17.8 Å². The van der Waals surface area contributed by atoms with Gasteiger partial charge >= 0.3 is 0 Å². The van der Waals surface area contributed by atoms with Crippen molar-refractivity contribution in [2.45, 2.75) is 40.2 Å². The first-order valence-corrected chi connectivity index (χ1v) is 9.56. The Balaban J connectivity index is 1.95. The topological polar surface area (TPSA) is 65.5 Å². The van der Waals surface area contributed by atoms with Gasteiger partial charge in [0.25, 0.3) is 0 Å². The molecular formula is C22H29FN4O. The summed E-state index contributed by atoms with van der Waals surface area (Å²) in [6, 6.07) is 13.0. The lowest BCUT2D eigenvalue weighted by molar-refractivity contribution is -0.114. The smallest absolute Gasteiger partial charge is 0.221 e. The van der Waals surface area contributed by atoms with Crippen LogP contribution in [0.4, 0.5) is 10.1 Å². The van der Waals surface area contributed by atoms with Crippen LogP contribution in [0.1, 0.15) is 43.5 Å². The molecule has 150 valence electrons. The Kier molecular flexibility index (Phi) is 7.99. The maximum absolute atomic E-state index is 13.8. The van der Waals surface area contributed by atoms with Gasteiger partial charge in [-0.15, -0.1) is 0 Å². The van der Waals surface area contributed by atoms with Crippen LogP contribution in [0.5, 0.6) is 0 Å². The molecule has 0 saturated heterocycles. The van der Waals surface area contributed by atoms with Crippen LogP contribution in [-0.4, -0.2) is 25.0 Å². The monoisotopic (exact) mass is 384 g/mol. The van der Waals surface area contributed by atoms with E-state index in [1.165, 1.54) is 6.92 Å². The molecule has 0 fully saturated rings. The van der Waals surface area contributed by atoms with Gasteiger partial charge in [-0.3, -0.25) is 9.79 Å². The molecule has 5 nitrogen and oxygen atoms in total. The average molecular weight is 384 g/mol. The van der Waals surface area contributed by atoms with E-state index in [1.807, 2.05) is 44.2 Å². The fourth-order valence-corrected chi connectivity index (χ4v) is 2.74. The highest BCUT2D eigenvalue weighted by molar-refractivity contribution is 5.88. The van der Waals surface area contributed by atoms with Crippen molar-refractivity contribution >= 4 is 17.6 Å². The van der Waals surface area contributed by atoms with Crippen LogP contribution in [0.2, 0.25) is 0 Å². The lowest BCUT2D eigenvalue weighted by atomic mass is 10.1. The number of hydrogen-bond acceptors (Lipinski definition) is 2. The van der Waals surface area contributed by atoms with Crippen molar-refractivity contribution in [2.24, 2.45) is 4.99 Å². The Morgan fingerprint density at radius 1 is 1.18 bits per heavy atom. The molecule has 2 aromatic rings. The van der Waals surface area contributed by atoms with E-state index in [0.29, 0.717) is 18.1 Å². The van der Waals surface area contributed by atoms with Crippen molar-refractivity contribution in [3.63, 3.8) is 0 Å². The van der Waals surface area contributed by atoms with Gasteiger partial charge in [0.05, 0.1) is 6.04 Å². The molecule has 0 bridgehead atoms. The van der Waals surface area contributed by atoms with Crippen LogP contribution < -0.4 is 16.0 Å². The van der Waals surface area contributed by atoms with Crippen LogP contribution >= 0.6 is 0 Å². The van der Waals surface area contributed by atoms with Crippen LogP contribution in [-0.2, 0) is 11.2 Å². The number of halogens is 1. The highest BCUT2D eigenvalue weighted by atomic mass is 19.1. The number of carbonyl (C=O) groups is 1. The molecule has 1 atom stereocenters. The van der Waals surface area contributed by atoms with E-state index in [4.69, 9.17) is 0 Å². The summed E-state index contributed by atoms with van der Waals surface area (Å²) in [6.07, 6.45) is 0.782. The molecule has 1 unspecified atom stereocenters. The van der Waals surface area contributed by atoms with E-state index in [2.05, 4.69) is 20.9 Å². The van der Waals surface area contributed by atoms with Crippen molar-refractivity contribution in [2.75, 3.05) is 18.4 Å². The normalized spacial score (nSPS) is 12.4. The van der Waals surface area contributed by atoms with Crippen molar-refractivity contribution in [1.29, 1.82) is 0 Å². The molecular weight excluding hydrogens is 355 g/mol. The quantitative estimate of drug-likeness (QED) is 0.500. The summed E-state index contributed by atoms with van der Waals surface area (Å²) in [5.74, 6) is 0.419. The van der Waals surface area contributed by atoms with Crippen LogP contribution in [0.3, 0.4) is 0 Å². The highest BCUT2D eigenvalue weighted by Crippen LogP contribution is 2.16. The average Bonchev–Trinajstić information content (AvgIpc) is 2.65. The number of amides is 1. The maximum atomic E-state index is 13.8. The zero-order valence-corrected chi connectivity index (χ0v) is 17.0. The summed E-state index contributed by atoms with van der Waals surface area (Å²) in [6.45, 7) is 8.59. The molecule has 2 rings (SSSR count). The van der Waals surface area contributed by atoms with Crippen LogP contribution in [0.25, 0.3) is 0 Å². The van der Waals surface area contributed by atoms with E-state index in [9.17, 15) is 9.18 Å². The first-order valence-electron chi connectivity index (χ1n) is 9.56. The number of anilines is 1. The highest BCUT2D eigenvalue weighted by Gasteiger charge is 2.09. The van der Waals surface area contributed by atoms with Gasteiger partial charge < -0.3 is 16.0 Å². The second-order valence-electron chi connectivity index (χ2n) is 6.76. The van der Waals surface area contributed by atoms with Gasteiger partial charge in [0.15, 0.2) is 5.96 Å². The fourth-order valence-electron chi connectivity index (χ4n) is 2.74. The number of nitrogens with one attached hydrogen (secondary N) is 3. The number of aliphatic imine (C=N–C) groups is 1.